The molecule has 6 nitrogen and oxygen atoms in total. The molecule has 0 aromatic heterocycles. The molecule has 1 saturated heterocycles. The average molecular weight is 249 g/mol. The molecule has 0 spiro atoms. The van der Waals surface area contributed by atoms with Gasteiger partial charge in [-0.1, -0.05) is 6.92 Å². The number of hydrogen-bond acceptors (Lipinski definition) is 4. The molecule has 94 valence electrons. The van der Waals surface area contributed by atoms with Crippen molar-refractivity contribution in [1.82, 2.24) is 0 Å². The topological polar surface area (TPSA) is 94.9 Å². The Kier molecular flexibility index (Phi) is 2.78. The van der Waals surface area contributed by atoms with Gasteiger partial charge in [0.25, 0.3) is 0 Å². The molecule has 6 heteroatoms. The Morgan fingerprint density at radius 3 is 2.56 bits per heavy atom. The normalized spacial score (nSPS) is 19.4. The van der Waals surface area contributed by atoms with Crippen molar-refractivity contribution in [2.24, 2.45) is 5.92 Å². The van der Waals surface area contributed by atoms with E-state index in [1.165, 1.54) is 12.1 Å². The van der Waals surface area contributed by atoms with E-state index in [1.807, 2.05) is 0 Å². The lowest BCUT2D eigenvalue weighted by Gasteiger charge is -2.16. The van der Waals surface area contributed by atoms with Crippen LogP contribution in [0.3, 0.4) is 0 Å². The Hall–Kier alpha value is -2.37. The van der Waals surface area contributed by atoms with Crippen LogP contribution in [0.1, 0.15) is 23.7 Å². The molecule has 18 heavy (non-hydrogen) atoms. The molecule has 0 saturated carbocycles. The van der Waals surface area contributed by atoms with Crippen molar-refractivity contribution in [3.05, 3.63) is 23.8 Å². The Balaban J connectivity index is 2.55. The molecule has 1 unspecified atom stereocenters. The van der Waals surface area contributed by atoms with Gasteiger partial charge in [-0.25, -0.2) is 9.69 Å². The van der Waals surface area contributed by atoms with E-state index in [9.17, 15) is 19.5 Å². The maximum atomic E-state index is 11.8. The molecule has 1 aromatic carbocycles. The zero-order chi connectivity index (χ0) is 13.4. The minimum absolute atomic E-state index is 0.000324. The summed E-state index contributed by atoms with van der Waals surface area (Å²) in [5.41, 5.74) is -0.273. The third-order valence-electron chi connectivity index (χ3n) is 2.82. The highest BCUT2D eigenvalue weighted by atomic mass is 16.4. The van der Waals surface area contributed by atoms with E-state index in [4.69, 9.17) is 5.11 Å². The van der Waals surface area contributed by atoms with Gasteiger partial charge in [-0.3, -0.25) is 9.59 Å². The molecule has 2 amide bonds. The van der Waals surface area contributed by atoms with E-state index in [2.05, 4.69) is 0 Å². The van der Waals surface area contributed by atoms with Gasteiger partial charge < -0.3 is 10.2 Å². The summed E-state index contributed by atoms with van der Waals surface area (Å²) in [5, 5.41) is 18.3. The molecule has 1 aliphatic rings. The summed E-state index contributed by atoms with van der Waals surface area (Å²) in [7, 11) is 0. The molecule has 2 N–H and O–H groups in total. The van der Waals surface area contributed by atoms with Crippen LogP contribution in [0.5, 0.6) is 5.75 Å². The Morgan fingerprint density at radius 2 is 2.06 bits per heavy atom. The number of phenolic OH excluding ortho intramolecular Hbond substituents is 1. The molecular weight excluding hydrogens is 238 g/mol. The maximum Gasteiger partial charge on any atom is 0.337 e. The van der Waals surface area contributed by atoms with Crippen LogP contribution < -0.4 is 4.90 Å². The Labute approximate surface area is 102 Å². The average Bonchev–Trinajstić information content (AvgIpc) is 2.54. The first kappa shape index (κ1) is 12.1. The quantitative estimate of drug-likeness (QED) is 0.762. The largest absolute Gasteiger partial charge is 0.508 e. The van der Waals surface area contributed by atoms with E-state index in [1.54, 1.807) is 6.92 Å². The third-order valence-corrected chi connectivity index (χ3v) is 2.82. The number of anilines is 1. The predicted octanol–water partition coefficient (Wildman–Crippen LogP) is 0.990. The molecule has 1 heterocycles. The second-order valence-electron chi connectivity index (χ2n) is 4.18. The highest BCUT2D eigenvalue weighted by molar-refractivity contribution is 6.22. The number of hydrogen-bond donors (Lipinski definition) is 2. The van der Waals surface area contributed by atoms with Gasteiger partial charge in [0, 0.05) is 12.3 Å². The van der Waals surface area contributed by atoms with Crippen LogP contribution >= 0.6 is 0 Å². The van der Waals surface area contributed by atoms with E-state index in [0.29, 0.717) is 0 Å². The number of carbonyl (C=O) groups excluding carboxylic acids is 2. The number of imide groups is 1. The zero-order valence-corrected chi connectivity index (χ0v) is 9.58. The van der Waals surface area contributed by atoms with Gasteiger partial charge in [0.2, 0.25) is 11.8 Å². The number of phenols is 1. The van der Waals surface area contributed by atoms with Crippen molar-refractivity contribution in [2.75, 3.05) is 4.90 Å². The number of carbonyl (C=O) groups is 3. The number of aromatic carboxylic acids is 1. The van der Waals surface area contributed by atoms with Crippen molar-refractivity contribution in [3.8, 4) is 5.75 Å². The number of rotatable bonds is 2. The summed E-state index contributed by atoms with van der Waals surface area (Å²) >= 11 is 0. The minimum atomic E-state index is -1.30. The fraction of sp³-hybridized carbons (Fsp3) is 0.250. The van der Waals surface area contributed by atoms with E-state index >= 15 is 0 Å². The minimum Gasteiger partial charge on any atom is -0.508 e. The number of amides is 2. The number of benzene rings is 1. The van der Waals surface area contributed by atoms with Crippen LogP contribution in [0.25, 0.3) is 0 Å². The van der Waals surface area contributed by atoms with Gasteiger partial charge in [-0.05, 0) is 18.2 Å². The van der Waals surface area contributed by atoms with Crippen molar-refractivity contribution >= 4 is 23.5 Å². The molecule has 1 aromatic rings. The van der Waals surface area contributed by atoms with Crippen molar-refractivity contribution in [1.29, 1.82) is 0 Å². The molecule has 0 bridgehead atoms. The molecule has 0 aliphatic carbocycles. The highest BCUT2D eigenvalue weighted by Gasteiger charge is 2.38. The highest BCUT2D eigenvalue weighted by Crippen LogP contribution is 2.31. The molecule has 2 rings (SSSR count). The molecule has 1 atom stereocenters. The fourth-order valence-corrected chi connectivity index (χ4v) is 1.93. The van der Waals surface area contributed by atoms with Crippen LogP contribution in [0.2, 0.25) is 0 Å². The van der Waals surface area contributed by atoms with Gasteiger partial charge >= 0.3 is 5.97 Å². The first-order valence-electron chi connectivity index (χ1n) is 5.35. The number of carboxylic acid groups (broad SMARTS) is 1. The molecule has 1 fully saturated rings. The lowest BCUT2D eigenvalue weighted by molar-refractivity contribution is -0.122. The summed E-state index contributed by atoms with van der Waals surface area (Å²) in [6.45, 7) is 1.61. The van der Waals surface area contributed by atoms with Crippen molar-refractivity contribution in [3.63, 3.8) is 0 Å². The first-order valence-corrected chi connectivity index (χ1v) is 5.35. The maximum absolute atomic E-state index is 11.8. The van der Waals surface area contributed by atoms with Crippen LogP contribution in [0.4, 0.5) is 5.69 Å². The van der Waals surface area contributed by atoms with Crippen LogP contribution in [0.15, 0.2) is 18.2 Å². The summed E-state index contributed by atoms with van der Waals surface area (Å²) in [6.07, 6.45) is 0.0682. The van der Waals surface area contributed by atoms with Gasteiger partial charge in [0.15, 0.2) is 0 Å². The first-order chi connectivity index (χ1) is 8.41. The van der Waals surface area contributed by atoms with Crippen LogP contribution in [-0.4, -0.2) is 28.0 Å². The SMILES string of the molecule is CC1CC(=O)N(c2ccc(O)cc2C(=O)O)C1=O. The second-order valence-corrected chi connectivity index (χ2v) is 4.18. The van der Waals surface area contributed by atoms with Crippen LogP contribution in [-0.2, 0) is 9.59 Å². The number of aromatic hydroxyl groups is 1. The summed E-state index contributed by atoms with van der Waals surface area (Å²) < 4.78 is 0. The second kappa shape index (κ2) is 4.14. The fourth-order valence-electron chi connectivity index (χ4n) is 1.93. The Bertz CT molecular complexity index is 551. The lowest BCUT2D eigenvalue weighted by atomic mass is 10.1. The predicted molar refractivity (Wildman–Crippen MR) is 61.3 cm³/mol. The van der Waals surface area contributed by atoms with Gasteiger partial charge in [-0.2, -0.15) is 0 Å². The van der Waals surface area contributed by atoms with Gasteiger partial charge in [-0.15, -0.1) is 0 Å². The third kappa shape index (κ3) is 1.81. The van der Waals surface area contributed by atoms with E-state index in [-0.39, 0.29) is 23.4 Å². The molecule has 1 aliphatic heterocycles. The zero-order valence-electron chi connectivity index (χ0n) is 9.58. The smallest absolute Gasteiger partial charge is 0.337 e. The molecule has 0 radical (unpaired) electrons. The van der Waals surface area contributed by atoms with Gasteiger partial charge in [0.05, 0.1) is 11.3 Å². The standard InChI is InChI=1S/C12H11NO5/c1-6-4-10(15)13(11(6)16)9-3-2-7(14)5-8(9)12(17)18/h2-3,5-6,14H,4H2,1H3,(H,17,18). The number of nitrogens with zero attached hydrogens (tertiary/aromatic N) is 1. The van der Waals surface area contributed by atoms with E-state index < -0.39 is 23.7 Å². The summed E-state index contributed by atoms with van der Waals surface area (Å²) in [5.74, 6) is -2.84. The molecular formula is C12H11NO5. The van der Waals surface area contributed by atoms with Gasteiger partial charge in [0.1, 0.15) is 5.75 Å². The van der Waals surface area contributed by atoms with Crippen LogP contribution in [0, 0.1) is 5.92 Å². The van der Waals surface area contributed by atoms with Crippen molar-refractivity contribution in [2.45, 2.75) is 13.3 Å². The lowest BCUT2D eigenvalue weighted by Crippen LogP contribution is -2.31. The van der Waals surface area contributed by atoms with E-state index in [0.717, 1.165) is 11.0 Å². The Morgan fingerprint density at radius 1 is 1.39 bits per heavy atom. The summed E-state index contributed by atoms with van der Waals surface area (Å²) in [4.78, 5) is 35.5. The number of carboxylic acids is 1. The monoisotopic (exact) mass is 249 g/mol. The van der Waals surface area contributed by atoms with Crippen molar-refractivity contribution < 1.29 is 24.6 Å². The summed E-state index contributed by atoms with van der Waals surface area (Å²) in [6, 6.07) is 3.51.